The van der Waals surface area contributed by atoms with E-state index in [0.29, 0.717) is 6.61 Å². The molecule has 0 aliphatic rings. The van der Waals surface area contributed by atoms with Gasteiger partial charge in [-0.15, -0.1) is 0 Å². The Hall–Kier alpha value is -1.09. The molecule has 0 atom stereocenters. The first kappa shape index (κ1) is 20.2. The minimum Gasteiger partial charge on any atom is -0.481 e. The highest BCUT2D eigenvalue weighted by Crippen LogP contribution is 2.09. The molecule has 0 saturated heterocycles. The number of carbonyl (C=O) groups is 1. The Kier molecular flexibility index (Phi) is 20.5. The third-order valence-corrected chi connectivity index (χ3v) is 2.55. The molecule has 19 heavy (non-hydrogen) atoms. The molecule has 0 fully saturated rings. The number of carboxylic acid groups (broad SMARTS) is 1. The predicted molar refractivity (Wildman–Crippen MR) is 81.3 cm³/mol. The van der Waals surface area contributed by atoms with Gasteiger partial charge in [-0.1, -0.05) is 63.3 Å². The van der Waals surface area contributed by atoms with Crippen LogP contribution in [0.1, 0.15) is 64.7 Å². The van der Waals surface area contributed by atoms with E-state index >= 15 is 0 Å². The molecule has 0 unspecified atom stereocenters. The fourth-order valence-corrected chi connectivity index (χ4v) is 1.63. The summed E-state index contributed by atoms with van der Waals surface area (Å²) in [7, 11) is 0. The number of aliphatic carboxylic acids is 1. The van der Waals surface area contributed by atoms with Gasteiger partial charge in [0, 0.05) is 13.5 Å². The van der Waals surface area contributed by atoms with Crippen LogP contribution in [0.25, 0.3) is 0 Å². The predicted octanol–water partition coefficient (Wildman–Crippen LogP) is 4.32. The molecule has 112 valence electrons. The van der Waals surface area contributed by atoms with Crippen LogP contribution in [-0.4, -0.2) is 22.8 Å². The molecule has 0 bridgehead atoms. The summed E-state index contributed by atoms with van der Waals surface area (Å²) in [4.78, 5) is 9.00. The van der Waals surface area contributed by atoms with Crippen molar-refractivity contribution in [3.05, 3.63) is 24.8 Å². The van der Waals surface area contributed by atoms with Gasteiger partial charge in [0.25, 0.3) is 5.97 Å². The van der Waals surface area contributed by atoms with Crippen LogP contribution in [0, 0.1) is 0 Å². The van der Waals surface area contributed by atoms with Gasteiger partial charge >= 0.3 is 0 Å². The van der Waals surface area contributed by atoms with Gasteiger partial charge in [0.1, 0.15) is 0 Å². The number of aliphatic hydroxyl groups excluding tert-OH is 1. The maximum absolute atomic E-state index is 9.00. The molecule has 0 rings (SSSR count). The first-order chi connectivity index (χ1) is 9.15. The van der Waals surface area contributed by atoms with Crippen LogP contribution in [0.15, 0.2) is 24.8 Å². The van der Waals surface area contributed by atoms with Crippen molar-refractivity contribution in [1.82, 2.24) is 0 Å². The lowest BCUT2D eigenvalue weighted by atomic mass is 10.1. The zero-order valence-electron chi connectivity index (χ0n) is 12.3. The van der Waals surface area contributed by atoms with Gasteiger partial charge in [-0.3, -0.25) is 4.79 Å². The van der Waals surface area contributed by atoms with Crippen LogP contribution < -0.4 is 0 Å². The Labute approximate surface area is 118 Å². The fraction of sp³-hybridized carbons (Fsp3) is 0.688. The molecule has 0 aliphatic heterocycles. The molecule has 0 saturated carbocycles. The molecular formula is C16H30O3. The van der Waals surface area contributed by atoms with Gasteiger partial charge in [-0.2, -0.15) is 0 Å². The highest BCUT2D eigenvalue weighted by atomic mass is 16.4. The molecule has 0 spiro atoms. The van der Waals surface area contributed by atoms with Crippen molar-refractivity contribution in [3.8, 4) is 0 Å². The molecule has 0 aromatic carbocycles. The molecule has 0 radical (unpaired) electrons. The molecule has 3 nitrogen and oxygen atoms in total. The number of hydrogen-bond donors (Lipinski definition) is 2. The van der Waals surface area contributed by atoms with E-state index in [-0.39, 0.29) is 0 Å². The zero-order chi connectivity index (χ0) is 14.8. The van der Waals surface area contributed by atoms with E-state index in [1.165, 1.54) is 51.4 Å². The standard InChI is InChI=1S/C14H26O.C2H4O2/c1-2-3-4-5-6-7-8-9-10-11-12-13-14-15;1-2(3)4/h2-4,15H,1,5-14H2;1H3,(H,3,4)/b4-3+;. The average Bonchev–Trinajstić information content (AvgIpc) is 2.35. The number of hydrogen-bond acceptors (Lipinski definition) is 2. The van der Waals surface area contributed by atoms with Crippen molar-refractivity contribution in [3.63, 3.8) is 0 Å². The van der Waals surface area contributed by atoms with E-state index in [2.05, 4.69) is 12.7 Å². The van der Waals surface area contributed by atoms with Gasteiger partial charge in [-0.25, -0.2) is 0 Å². The third kappa shape index (κ3) is 31.6. The highest BCUT2D eigenvalue weighted by Gasteiger charge is 1.90. The molecule has 0 aliphatic carbocycles. The van der Waals surface area contributed by atoms with Crippen molar-refractivity contribution in [2.75, 3.05) is 6.61 Å². The van der Waals surface area contributed by atoms with Crippen molar-refractivity contribution < 1.29 is 15.0 Å². The second kappa shape index (κ2) is 19.3. The van der Waals surface area contributed by atoms with Crippen molar-refractivity contribution in [2.24, 2.45) is 0 Å². The minimum absolute atomic E-state index is 0.357. The summed E-state index contributed by atoms with van der Waals surface area (Å²) in [5, 5.41) is 16.0. The zero-order valence-corrected chi connectivity index (χ0v) is 12.3. The van der Waals surface area contributed by atoms with Crippen LogP contribution in [-0.2, 0) is 4.79 Å². The molecule has 3 heteroatoms. The van der Waals surface area contributed by atoms with Crippen molar-refractivity contribution >= 4 is 5.97 Å². The van der Waals surface area contributed by atoms with E-state index in [1.807, 2.05) is 12.2 Å². The molecule has 0 heterocycles. The molecule has 0 aromatic rings. The second-order valence-electron chi connectivity index (χ2n) is 4.52. The monoisotopic (exact) mass is 270 g/mol. The number of aliphatic hydroxyl groups is 1. The SMILES string of the molecule is C=C/C=C/CCCCCCCCCCO.CC(=O)O. The van der Waals surface area contributed by atoms with Gasteiger partial charge < -0.3 is 10.2 Å². The minimum atomic E-state index is -0.833. The maximum Gasteiger partial charge on any atom is 0.300 e. The van der Waals surface area contributed by atoms with E-state index in [1.54, 1.807) is 0 Å². The molecule has 0 aromatic heterocycles. The van der Waals surface area contributed by atoms with Crippen LogP contribution >= 0.6 is 0 Å². The van der Waals surface area contributed by atoms with Crippen LogP contribution in [0.2, 0.25) is 0 Å². The lowest BCUT2D eigenvalue weighted by Crippen LogP contribution is -1.84. The van der Waals surface area contributed by atoms with Crippen molar-refractivity contribution in [1.29, 1.82) is 0 Å². The quantitative estimate of drug-likeness (QED) is 0.434. The van der Waals surface area contributed by atoms with E-state index in [9.17, 15) is 0 Å². The lowest BCUT2D eigenvalue weighted by Gasteiger charge is -2.00. The Morgan fingerprint density at radius 1 is 1.00 bits per heavy atom. The molecular weight excluding hydrogens is 240 g/mol. The molecule has 2 N–H and O–H groups in total. The topological polar surface area (TPSA) is 57.5 Å². The normalized spacial score (nSPS) is 10.0. The highest BCUT2D eigenvalue weighted by molar-refractivity contribution is 5.62. The summed E-state index contributed by atoms with van der Waals surface area (Å²) in [6.45, 7) is 5.08. The number of unbranched alkanes of at least 4 members (excludes halogenated alkanes) is 8. The number of carboxylic acids is 1. The fourth-order valence-electron chi connectivity index (χ4n) is 1.63. The van der Waals surface area contributed by atoms with E-state index < -0.39 is 5.97 Å². The average molecular weight is 270 g/mol. The van der Waals surface area contributed by atoms with Gasteiger partial charge in [0.15, 0.2) is 0 Å². The maximum atomic E-state index is 9.00. The van der Waals surface area contributed by atoms with Gasteiger partial charge in [-0.05, 0) is 19.3 Å². The first-order valence-electron chi connectivity index (χ1n) is 7.23. The van der Waals surface area contributed by atoms with Crippen LogP contribution in [0.5, 0.6) is 0 Å². The van der Waals surface area contributed by atoms with E-state index in [4.69, 9.17) is 15.0 Å². The Bertz CT molecular complexity index is 218. The smallest absolute Gasteiger partial charge is 0.300 e. The summed E-state index contributed by atoms with van der Waals surface area (Å²) in [6, 6.07) is 0. The second-order valence-corrected chi connectivity index (χ2v) is 4.52. The third-order valence-electron chi connectivity index (χ3n) is 2.55. The Morgan fingerprint density at radius 3 is 1.84 bits per heavy atom. The summed E-state index contributed by atoms with van der Waals surface area (Å²) in [5.74, 6) is -0.833. The summed E-state index contributed by atoms with van der Waals surface area (Å²) in [5.41, 5.74) is 0. The summed E-state index contributed by atoms with van der Waals surface area (Å²) < 4.78 is 0. The van der Waals surface area contributed by atoms with Crippen LogP contribution in [0.4, 0.5) is 0 Å². The van der Waals surface area contributed by atoms with Gasteiger partial charge in [0.05, 0.1) is 0 Å². The largest absolute Gasteiger partial charge is 0.481 e. The van der Waals surface area contributed by atoms with Crippen molar-refractivity contribution in [2.45, 2.75) is 64.7 Å². The number of allylic oxidation sites excluding steroid dienone is 3. The summed E-state index contributed by atoms with van der Waals surface area (Å²) >= 11 is 0. The summed E-state index contributed by atoms with van der Waals surface area (Å²) in [6.07, 6.45) is 17.4. The Balaban J connectivity index is 0. The number of rotatable bonds is 11. The molecule has 0 amide bonds. The Morgan fingerprint density at radius 2 is 1.42 bits per heavy atom. The van der Waals surface area contributed by atoms with Gasteiger partial charge in [0.2, 0.25) is 0 Å². The first-order valence-corrected chi connectivity index (χ1v) is 7.23. The lowest BCUT2D eigenvalue weighted by molar-refractivity contribution is -0.134. The van der Waals surface area contributed by atoms with E-state index in [0.717, 1.165) is 13.3 Å². The van der Waals surface area contributed by atoms with Crippen LogP contribution in [0.3, 0.4) is 0 Å².